The van der Waals surface area contributed by atoms with Crippen LogP contribution in [0.25, 0.3) is 6.08 Å². The Bertz CT molecular complexity index is 1150. The average Bonchev–Trinajstić information content (AvgIpc) is 2.71. The smallest absolute Gasteiger partial charge is 0.330 e. The van der Waals surface area contributed by atoms with Crippen molar-refractivity contribution < 1.29 is 0 Å². The molecule has 0 fully saturated rings. The van der Waals surface area contributed by atoms with Gasteiger partial charge in [-0.05, 0) is 35.9 Å². The fourth-order valence-corrected chi connectivity index (χ4v) is 3.80. The van der Waals surface area contributed by atoms with Gasteiger partial charge in [-0.1, -0.05) is 46.3 Å². The van der Waals surface area contributed by atoms with Crippen LogP contribution in [0.3, 0.4) is 0 Å². The molecule has 1 aliphatic rings. The molecule has 1 unspecified atom stereocenters. The number of benzene rings is 2. The lowest BCUT2D eigenvalue weighted by Gasteiger charge is -2.35. The normalized spacial score (nSPS) is 15.7. The summed E-state index contributed by atoms with van der Waals surface area (Å²) in [5.74, 6) is 0. The molecule has 0 spiro atoms. The predicted molar refractivity (Wildman–Crippen MR) is 111 cm³/mol. The Morgan fingerprint density at radius 1 is 0.889 bits per heavy atom. The second-order valence-electron chi connectivity index (χ2n) is 6.52. The molecule has 2 aromatic carbocycles. The Labute approximate surface area is 164 Å². The van der Waals surface area contributed by atoms with Gasteiger partial charge in [0.15, 0.2) is 0 Å². The minimum atomic E-state index is -0.327. The van der Waals surface area contributed by atoms with Crippen LogP contribution < -0.4 is 16.1 Å². The van der Waals surface area contributed by atoms with Gasteiger partial charge in [-0.25, -0.2) is 4.79 Å². The number of anilines is 1. The van der Waals surface area contributed by atoms with Crippen LogP contribution in [0.1, 0.15) is 22.9 Å². The molecule has 4 rings (SSSR count). The Balaban J connectivity index is 2.02. The van der Waals surface area contributed by atoms with Gasteiger partial charge in [0.2, 0.25) is 0 Å². The third kappa shape index (κ3) is 2.86. The van der Waals surface area contributed by atoms with Crippen LogP contribution in [0, 0.1) is 0 Å². The number of hydrogen-bond donors (Lipinski definition) is 0. The number of nitrogens with zero attached hydrogens (tertiary/aromatic N) is 3. The molecule has 2 heterocycles. The molecular weight excluding hydrogens is 406 g/mol. The maximum atomic E-state index is 13.1. The number of aromatic nitrogens is 2. The fraction of sp³-hybridized carbons (Fsp3) is 0.143. The van der Waals surface area contributed by atoms with Gasteiger partial charge in [-0.2, -0.15) is 0 Å². The van der Waals surface area contributed by atoms with Crippen LogP contribution >= 0.6 is 15.9 Å². The molecule has 3 aromatic rings. The van der Waals surface area contributed by atoms with Gasteiger partial charge in [-0.15, -0.1) is 0 Å². The number of halogens is 1. The third-order valence-electron chi connectivity index (χ3n) is 4.93. The lowest BCUT2D eigenvalue weighted by molar-refractivity contribution is 0.638. The molecule has 1 atom stereocenters. The zero-order valence-electron chi connectivity index (χ0n) is 15.0. The Morgan fingerprint density at radius 2 is 1.56 bits per heavy atom. The molecule has 27 heavy (non-hydrogen) atoms. The summed E-state index contributed by atoms with van der Waals surface area (Å²) in [6.45, 7) is 0. The summed E-state index contributed by atoms with van der Waals surface area (Å²) >= 11 is 3.47. The number of hydrogen-bond acceptors (Lipinski definition) is 3. The molecule has 0 N–H and O–H groups in total. The molecule has 0 saturated heterocycles. The van der Waals surface area contributed by atoms with E-state index in [1.54, 1.807) is 7.05 Å². The SMILES string of the molecule is Cn1c2c(c(=O)n(C)c1=O)C(c1ccccc1)N(c1ccc(Br)cc1)C=C2. The minimum Gasteiger partial charge on any atom is -0.336 e. The second kappa shape index (κ2) is 6.70. The van der Waals surface area contributed by atoms with Crippen LogP contribution in [0.5, 0.6) is 0 Å². The van der Waals surface area contributed by atoms with Crippen molar-refractivity contribution in [3.05, 3.63) is 103 Å². The lowest BCUT2D eigenvalue weighted by Crippen LogP contribution is -2.44. The van der Waals surface area contributed by atoms with Gasteiger partial charge in [0.05, 0.1) is 17.3 Å². The van der Waals surface area contributed by atoms with Crippen molar-refractivity contribution >= 4 is 27.7 Å². The van der Waals surface area contributed by atoms with E-state index < -0.39 is 0 Å². The summed E-state index contributed by atoms with van der Waals surface area (Å²) in [5, 5.41) is 0. The van der Waals surface area contributed by atoms with E-state index in [1.807, 2.05) is 66.9 Å². The van der Waals surface area contributed by atoms with E-state index in [0.29, 0.717) is 11.3 Å². The first-order valence-electron chi connectivity index (χ1n) is 8.56. The van der Waals surface area contributed by atoms with Gasteiger partial charge in [-0.3, -0.25) is 13.9 Å². The van der Waals surface area contributed by atoms with Crippen LogP contribution in [0.15, 0.2) is 74.9 Å². The monoisotopic (exact) mass is 423 g/mol. The summed E-state index contributed by atoms with van der Waals surface area (Å²) < 4.78 is 3.69. The first kappa shape index (κ1) is 17.5. The van der Waals surface area contributed by atoms with E-state index in [2.05, 4.69) is 20.8 Å². The van der Waals surface area contributed by atoms with E-state index in [4.69, 9.17) is 0 Å². The molecule has 1 aromatic heterocycles. The van der Waals surface area contributed by atoms with E-state index in [9.17, 15) is 9.59 Å². The second-order valence-corrected chi connectivity index (χ2v) is 7.43. The molecule has 6 heteroatoms. The number of fused-ring (bicyclic) bond motifs is 1. The predicted octanol–water partition coefficient (Wildman–Crippen LogP) is 3.43. The first-order chi connectivity index (χ1) is 13.0. The maximum absolute atomic E-state index is 13.1. The standard InChI is InChI=1S/C21H18BrN3O2/c1-23-17-12-13-25(16-10-8-15(22)9-11-16)19(14-6-4-3-5-7-14)18(17)20(26)24(2)21(23)27/h3-13,19H,1-2H3. The van der Waals surface area contributed by atoms with Crippen molar-refractivity contribution in [2.24, 2.45) is 14.1 Å². The topological polar surface area (TPSA) is 47.2 Å². The Kier molecular flexibility index (Phi) is 4.36. The van der Waals surface area contributed by atoms with E-state index in [-0.39, 0.29) is 17.3 Å². The highest BCUT2D eigenvalue weighted by atomic mass is 79.9. The van der Waals surface area contributed by atoms with Gasteiger partial charge in [0.1, 0.15) is 0 Å². The zero-order chi connectivity index (χ0) is 19.1. The molecule has 0 saturated carbocycles. The quantitative estimate of drug-likeness (QED) is 0.634. The maximum Gasteiger partial charge on any atom is 0.330 e. The van der Waals surface area contributed by atoms with Crippen LogP contribution in [0.4, 0.5) is 5.69 Å². The van der Waals surface area contributed by atoms with Crippen molar-refractivity contribution in [2.45, 2.75) is 6.04 Å². The zero-order valence-corrected chi connectivity index (χ0v) is 16.6. The van der Waals surface area contributed by atoms with Crippen LogP contribution in [-0.2, 0) is 14.1 Å². The Hall–Kier alpha value is -2.86. The highest BCUT2D eigenvalue weighted by Gasteiger charge is 2.31. The molecule has 1 aliphatic heterocycles. The van der Waals surface area contributed by atoms with Crippen molar-refractivity contribution in [1.82, 2.24) is 9.13 Å². The van der Waals surface area contributed by atoms with Crippen molar-refractivity contribution in [1.29, 1.82) is 0 Å². The van der Waals surface area contributed by atoms with Gasteiger partial charge < -0.3 is 4.90 Å². The van der Waals surface area contributed by atoms with E-state index in [1.165, 1.54) is 16.2 Å². The fourth-order valence-electron chi connectivity index (χ4n) is 3.53. The summed E-state index contributed by atoms with van der Waals surface area (Å²) in [6, 6.07) is 17.5. The average molecular weight is 424 g/mol. The Morgan fingerprint density at radius 3 is 2.22 bits per heavy atom. The molecule has 0 bridgehead atoms. The summed E-state index contributed by atoms with van der Waals surface area (Å²) in [7, 11) is 3.22. The van der Waals surface area contributed by atoms with Crippen molar-refractivity contribution in [3.63, 3.8) is 0 Å². The van der Waals surface area contributed by atoms with E-state index >= 15 is 0 Å². The van der Waals surface area contributed by atoms with E-state index in [0.717, 1.165) is 15.7 Å². The first-order valence-corrected chi connectivity index (χ1v) is 9.35. The molecular formula is C21H18BrN3O2. The third-order valence-corrected chi connectivity index (χ3v) is 5.46. The molecule has 5 nitrogen and oxygen atoms in total. The summed E-state index contributed by atoms with van der Waals surface area (Å²) in [6.07, 6.45) is 3.77. The van der Waals surface area contributed by atoms with Crippen molar-refractivity contribution in [3.8, 4) is 0 Å². The van der Waals surface area contributed by atoms with Gasteiger partial charge in [0.25, 0.3) is 5.56 Å². The summed E-state index contributed by atoms with van der Waals surface area (Å²) in [4.78, 5) is 27.5. The lowest BCUT2D eigenvalue weighted by atomic mass is 9.93. The molecule has 0 radical (unpaired) electrons. The van der Waals surface area contributed by atoms with Crippen LogP contribution in [0.2, 0.25) is 0 Å². The van der Waals surface area contributed by atoms with Crippen LogP contribution in [-0.4, -0.2) is 9.13 Å². The van der Waals surface area contributed by atoms with Gasteiger partial charge in [0, 0.05) is 30.5 Å². The minimum absolute atomic E-state index is 0.270. The summed E-state index contributed by atoms with van der Waals surface area (Å²) in [5.41, 5.74) is 2.59. The van der Waals surface area contributed by atoms with Gasteiger partial charge >= 0.3 is 5.69 Å². The molecule has 0 aliphatic carbocycles. The largest absolute Gasteiger partial charge is 0.336 e. The highest BCUT2D eigenvalue weighted by molar-refractivity contribution is 9.10. The number of rotatable bonds is 2. The highest BCUT2D eigenvalue weighted by Crippen LogP contribution is 2.36. The molecule has 136 valence electrons. The van der Waals surface area contributed by atoms with Crippen molar-refractivity contribution in [2.75, 3.05) is 4.90 Å². The molecule has 0 amide bonds.